The number of benzene rings is 2. The maximum absolute atomic E-state index is 6.29. The summed E-state index contributed by atoms with van der Waals surface area (Å²) in [7, 11) is 0. The molecule has 136 valence electrons. The highest BCUT2D eigenvalue weighted by Gasteiger charge is 2.17. The lowest BCUT2D eigenvalue weighted by Gasteiger charge is -2.11. The standard InChI is InChI=1S/C22H20ClN3S/c1-12-5-7-16(9-14(12)3)19-15(4)27-22-20(19)21(24-11-25-22)26-17-8-6-13(2)18(23)10-17/h5-11H,1-4H3,(H,24,25,26). The lowest BCUT2D eigenvalue weighted by Crippen LogP contribution is -1.96. The lowest BCUT2D eigenvalue weighted by atomic mass is 9.99. The quantitative estimate of drug-likeness (QED) is 0.407. The Labute approximate surface area is 168 Å². The largest absolute Gasteiger partial charge is 0.340 e. The predicted octanol–water partition coefficient (Wildman–Crippen LogP) is 6.99. The number of rotatable bonds is 3. The number of hydrogen-bond acceptors (Lipinski definition) is 4. The van der Waals surface area contributed by atoms with Crippen LogP contribution in [0.5, 0.6) is 0 Å². The molecule has 0 spiro atoms. The van der Waals surface area contributed by atoms with Gasteiger partial charge in [-0.3, -0.25) is 0 Å². The normalized spacial score (nSPS) is 11.1. The van der Waals surface area contributed by atoms with E-state index in [1.807, 2.05) is 25.1 Å². The fourth-order valence-corrected chi connectivity index (χ4v) is 4.38. The third-order valence-electron chi connectivity index (χ3n) is 4.89. The van der Waals surface area contributed by atoms with Gasteiger partial charge in [0.1, 0.15) is 17.0 Å². The number of aromatic nitrogens is 2. The molecule has 0 fully saturated rings. The summed E-state index contributed by atoms with van der Waals surface area (Å²) >= 11 is 7.99. The zero-order valence-electron chi connectivity index (χ0n) is 15.7. The third-order valence-corrected chi connectivity index (χ3v) is 6.31. The first kappa shape index (κ1) is 18.0. The van der Waals surface area contributed by atoms with Gasteiger partial charge in [0.05, 0.1) is 5.39 Å². The van der Waals surface area contributed by atoms with Gasteiger partial charge < -0.3 is 5.32 Å². The van der Waals surface area contributed by atoms with Crippen molar-refractivity contribution in [2.75, 3.05) is 5.32 Å². The van der Waals surface area contributed by atoms with E-state index in [0.29, 0.717) is 0 Å². The van der Waals surface area contributed by atoms with Crippen molar-refractivity contribution >= 4 is 44.7 Å². The number of hydrogen-bond donors (Lipinski definition) is 1. The number of anilines is 2. The van der Waals surface area contributed by atoms with Crippen molar-refractivity contribution in [1.82, 2.24) is 9.97 Å². The second-order valence-corrected chi connectivity index (χ2v) is 8.43. The first-order valence-corrected chi connectivity index (χ1v) is 9.98. The van der Waals surface area contributed by atoms with Crippen molar-refractivity contribution in [1.29, 1.82) is 0 Å². The van der Waals surface area contributed by atoms with Crippen LogP contribution >= 0.6 is 22.9 Å². The van der Waals surface area contributed by atoms with E-state index in [9.17, 15) is 0 Å². The zero-order chi connectivity index (χ0) is 19.1. The van der Waals surface area contributed by atoms with Crippen molar-refractivity contribution in [3.8, 4) is 11.1 Å². The molecule has 0 aliphatic rings. The van der Waals surface area contributed by atoms with Gasteiger partial charge in [-0.25, -0.2) is 9.97 Å². The summed E-state index contributed by atoms with van der Waals surface area (Å²) in [5.74, 6) is 0.803. The van der Waals surface area contributed by atoms with Gasteiger partial charge in [0.2, 0.25) is 0 Å². The summed E-state index contributed by atoms with van der Waals surface area (Å²) in [6, 6.07) is 12.5. The molecule has 3 nitrogen and oxygen atoms in total. The number of nitrogens with one attached hydrogen (secondary N) is 1. The number of aryl methyl sites for hydroxylation is 4. The van der Waals surface area contributed by atoms with Crippen LogP contribution in [0.25, 0.3) is 21.3 Å². The van der Waals surface area contributed by atoms with E-state index in [4.69, 9.17) is 11.6 Å². The molecule has 0 atom stereocenters. The van der Waals surface area contributed by atoms with Gasteiger partial charge >= 0.3 is 0 Å². The summed E-state index contributed by atoms with van der Waals surface area (Å²) in [4.78, 5) is 11.3. The van der Waals surface area contributed by atoms with Crippen LogP contribution in [0.15, 0.2) is 42.7 Å². The van der Waals surface area contributed by atoms with E-state index in [1.54, 1.807) is 17.7 Å². The number of halogens is 1. The highest BCUT2D eigenvalue weighted by Crippen LogP contribution is 2.41. The van der Waals surface area contributed by atoms with Gasteiger partial charge in [-0.05, 0) is 62.1 Å². The molecule has 0 bridgehead atoms. The maximum atomic E-state index is 6.29. The average molecular weight is 394 g/mol. The second-order valence-electron chi connectivity index (χ2n) is 6.82. The van der Waals surface area contributed by atoms with Crippen LogP contribution in [-0.4, -0.2) is 9.97 Å². The smallest absolute Gasteiger partial charge is 0.143 e. The molecular weight excluding hydrogens is 374 g/mol. The zero-order valence-corrected chi connectivity index (χ0v) is 17.3. The molecule has 0 aliphatic heterocycles. The highest BCUT2D eigenvalue weighted by atomic mass is 35.5. The van der Waals surface area contributed by atoms with E-state index in [0.717, 1.165) is 32.3 Å². The molecule has 0 aliphatic carbocycles. The summed E-state index contributed by atoms with van der Waals surface area (Å²) < 4.78 is 0. The van der Waals surface area contributed by atoms with Gasteiger partial charge in [0.15, 0.2) is 0 Å². The van der Waals surface area contributed by atoms with Gasteiger partial charge in [-0.15, -0.1) is 11.3 Å². The van der Waals surface area contributed by atoms with Crippen LogP contribution in [0.2, 0.25) is 5.02 Å². The summed E-state index contributed by atoms with van der Waals surface area (Å²) in [5.41, 5.74) is 6.93. The molecule has 4 rings (SSSR count). The van der Waals surface area contributed by atoms with Crippen molar-refractivity contribution in [2.45, 2.75) is 27.7 Å². The van der Waals surface area contributed by atoms with E-state index < -0.39 is 0 Å². The Morgan fingerprint density at radius 2 is 1.67 bits per heavy atom. The van der Waals surface area contributed by atoms with Crippen LogP contribution in [0.4, 0.5) is 11.5 Å². The van der Waals surface area contributed by atoms with Crippen LogP contribution in [0.3, 0.4) is 0 Å². The molecule has 0 radical (unpaired) electrons. The second kappa shape index (κ2) is 6.95. The molecule has 2 aromatic carbocycles. The molecule has 0 saturated carbocycles. The van der Waals surface area contributed by atoms with Crippen molar-refractivity contribution in [3.63, 3.8) is 0 Å². The molecular formula is C22H20ClN3S. The van der Waals surface area contributed by atoms with Gasteiger partial charge in [-0.2, -0.15) is 0 Å². The topological polar surface area (TPSA) is 37.8 Å². The van der Waals surface area contributed by atoms with Crippen molar-refractivity contribution in [3.05, 3.63) is 69.3 Å². The minimum atomic E-state index is 0.737. The minimum absolute atomic E-state index is 0.737. The Morgan fingerprint density at radius 3 is 2.41 bits per heavy atom. The molecule has 1 N–H and O–H groups in total. The van der Waals surface area contributed by atoms with Crippen molar-refractivity contribution in [2.24, 2.45) is 0 Å². The number of fused-ring (bicyclic) bond motifs is 1. The fourth-order valence-electron chi connectivity index (χ4n) is 3.19. The highest BCUT2D eigenvalue weighted by molar-refractivity contribution is 7.19. The number of nitrogens with zero attached hydrogens (tertiary/aromatic N) is 2. The lowest BCUT2D eigenvalue weighted by molar-refractivity contribution is 1.23. The molecule has 4 aromatic rings. The molecule has 2 heterocycles. The van der Waals surface area contributed by atoms with Crippen molar-refractivity contribution < 1.29 is 0 Å². The Balaban J connectivity index is 1.89. The van der Waals surface area contributed by atoms with Gasteiger partial charge in [0, 0.05) is 21.2 Å². The van der Waals surface area contributed by atoms with Crippen LogP contribution in [-0.2, 0) is 0 Å². The Morgan fingerprint density at radius 1 is 0.889 bits per heavy atom. The SMILES string of the molecule is Cc1ccc(-c2c(C)sc3ncnc(Nc4ccc(C)c(Cl)c4)c23)cc1C. The van der Waals surface area contributed by atoms with Crippen LogP contribution in [0.1, 0.15) is 21.6 Å². The third kappa shape index (κ3) is 3.31. The van der Waals surface area contributed by atoms with E-state index in [-0.39, 0.29) is 0 Å². The Kier molecular flexibility index (Phi) is 4.62. The van der Waals surface area contributed by atoms with E-state index in [1.165, 1.54) is 27.1 Å². The predicted molar refractivity (Wildman–Crippen MR) is 117 cm³/mol. The maximum Gasteiger partial charge on any atom is 0.143 e. The molecule has 2 aromatic heterocycles. The monoisotopic (exact) mass is 393 g/mol. The fraction of sp³-hybridized carbons (Fsp3) is 0.182. The van der Waals surface area contributed by atoms with Gasteiger partial charge in [-0.1, -0.05) is 35.9 Å². The first-order valence-electron chi connectivity index (χ1n) is 8.79. The Bertz CT molecular complexity index is 1160. The molecule has 0 unspecified atom stereocenters. The van der Waals surface area contributed by atoms with Crippen LogP contribution < -0.4 is 5.32 Å². The molecule has 0 amide bonds. The van der Waals surface area contributed by atoms with Gasteiger partial charge in [0.25, 0.3) is 0 Å². The molecule has 0 saturated heterocycles. The number of thiophene rings is 1. The summed E-state index contributed by atoms with van der Waals surface area (Å²) in [6.07, 6.45) is 1.61. The van der Waals surface area contributed by atoms with Crippen LogP contribution in [0, 0.1) is 27.7 Å². The average Bonchev–Trinajstić information content (AvgIpc) is 2.97. The van der Waals surface area contributed by atoms with E-state index in [2.05, 4.69) is 54.3 Å². The first-order chi connectivity index (χ1) is 12.9. The summed E-state index contributed by atoms with van der Waals surface area (Å²) in [6.45, 7) is 8.42. The molecule has 5 heteroatoms. The van der Waals surface area contributed by atoms with E-state index >= 15 is 0 Å². The summed E-state index contributed by atoms with van der Waals surface area (Å²) in [5, 5.41) is 5.23. The molecule has 27 heavy (non-hydrogen) atoms. The Hall–Kier alpha value is -2.43. The minimum Gasteiger partial charge on any atom is -0.340 e.